The molecule has 2 aromatic carbocycles. The Morgan fingerprint density at radius 1 is 0.900 bits per heavy atom. The summed E-state index contributed by atoms with van der Waals surface area (Å²) in [6.07, 6.45) is 6.12. The average Bonchev–Trinajstić information content (AvgIpc) is 3.57. The molecule has 6 rings (SSSR count). The van der Waals surface area contributed by atoms with Crippen LogP contribution in [0.1, 0.15) is 80.4 Å². The summed E-state index contributed by atoms with van der Waals surface area (Å²) >= 11 is 1.55. The summed E-state index contributed by atoms with van der Waals surface area (Å²) < 4.78 is 1.51. The van der Waals surface area contributed by atoms with Gasteiger partial charge in [0, 0.05) is 5.41 Å². The van der Waals surface area contributed by atoms with Gasteiger partial charge < -0.3 is 24.8 Å². The van der Waals surface area contributed by atoms with Crippen LogP contribution in [-0.2, 0) is 30.7 Å². The van der Waals surface area contributed by atoms with Crippen LogP contribution >= 0.6 is 0 Å². The molecule has 0 aromatic heterocycles. The molecule has 0 amide bonds. The van der Waals surface area contributed by atoms with E-state index in [0.717, 1.165) is 6.42 Å². The van der Waals surface area contributed by atoms with Gasteiger partial charge in [-0.1, -0.05) is 114 Å². The Morgan fingerprint density at radius 2 is 1.48 bits per heavy atom. The largest absolute Gasteiger partial charge is 1.00 e. The van der Waals surface area contributed by atoms with Gasteiger partial charge in [-0.2, -0.15) is 29.3 Å². The van der Waals surface area contributed by atoms with E-state index in [-0.39, 0.29) is 35.6 Å². The van der Waals surface area contributed by atoms with Crippen LogP contribution in [0.5, 0.6) is 0 Å². The number of halogens is 2. The van der Waals surface area contributed by atoms with Gasteiger partial charge in [0.1, 0.15) is 0 Å². The second-order valence-electron chi connectivity index (χ2n) is 13.0. The smallest absolute Gasteiger partial charge is 0.172 e. The Kier molecular flexibility index (Phi) is 11.9. The molecule has 0 heterocycles. The maximum absolute atomic E-state index is 2.63. The number of allylic oxidation sites excluding steroid dienone is 6. The quantitative estimate of drug-likeness (QED) is 0.379. The minimum atomic E-state index is 0. The first-order valence-corrected chi connectivity index (χ1v) is 15.9. The second kappa shape index (κ2) is 13.5. The molecule has 7 atom stereocenters. The van der Waals surface area contributed by atoms with Gasteiger partial charge in [-0.15, -0.1) is 6.92 Å². The van der Waals surface area contributed by atoms with Crippen LogP contribution in [-0.4, -0.2) is 3.21 Å². The van der Waals surface area contributed by atoms with Crippen molar-refractivity contribution in [1.29, 1.82) is 0 Å². The van der Waals surface area contributed by atoms with Gasteiger partial charge in [0.05, 0.1) is 0 Å². The number of benzene rings is 1. The average molecular weight is 655 g/mol. The summed E-state index contributed by atoms with van der Waals surface area (Å²) in [4.78, 5) is 0. The van der Waals surface area contributed by atoms with E-state index < -0.39 is 0 Å². The SMILES string of the molecule is C[C-]1C2=C3Cc4ccccc4C3=C3C=CC(C)C(C)C3(C)C2(C)C(C)C(C)C1C.C[C](C)=[Zr+2].[Cl-].[Cl-].c1cc[cH-]c1. The third-order valence-corrected chi connectivity index (χ3v) is 11.1. The molecule has 4 aliphatic rings. The normalized spacial score (nSPS) is 33.0. The van der Waals surface area contributed by atoms with E-state index in [0.29, 0.717) is 29.6 Å². The monoisotopic (exact) mass is 652 g/mol. The van der Waals surface area contributed by atoms with Crippen molar-refractivity contribution in [3.05, 3.63) is 101 Å². The van der Waals surface area contributed by atoms with Crippen molar-refractivity contribution < 1.29 is 49.0 Å². The van der Waals surface area contributed by atoms with Crippen LogP contribution in [0.25, 0.3) is 5.57 Å². The first-order valence-electron chi connectivity index (χ1n) is 14.7. The topological polar surface area (TPSA) is 0 Å². The molecule has 0 saturated heterocycles. The fourth-order valence-electron chi connectivity index (χ4n) is 8.16. The molecule has 0 spiro atoms. The summed E-state index contributed by atoms with van der Waals surface area (Å²) in [5.74, 6) is 4.93. The summed E-state index contributed by atoms with van der Waals surface area (Å²) in [7, 11) is 0. The van der Waals surface area contributed by atoms with Gasteiger partial charge in [0.2, 0.25) is 0 Å². The zero-order chi connectivity index (χ0) is 28.0. The molecule has 3 heteroatoms. The Morgan fingerprint density at radius 3 is 2.02 bits per heavy atom. The summed E-state index contributed by atoms with van der Waals surface area (Å²) in [6, 6.07) is 19.2. The molecular weight excluding hydrogens is 607 g/mol. The zero-order valence-corrected chi connectivity index (χ0v) is 30.2. The number of fused-ring (bicyclic) bond motifs is 6. The van der Waals surface area contributed by atoms with E-state index >= 15 is 0 Å². The predicted molar refractivity (Wildman–Crippen MR) is 163 cm³/mol. The number of hydrogen-bond donors (Lipinski definition) is 0. The van der Waals surface area contributed by atoms with Crippen molar-refractivity contribution in [3.63, 3.8) is 0 Å². The van der Waals surface area contributed by atoms with Crippen LogP contribution in [0.4, 0.5) is 0 Å². The van der Waals surface area contributed by atoms with E-state index in [1.807, 2.05) is 30.3 Å². The maximum atomic E-state index is 2.63. The fraction of sp³-hybridized carbons (Fsp3) is 0.486. The van der Waals surface area contributed by atoms with E-state index in [2.05, 4.69) is 106 Å². The van der Waals surface area contributed by atoms with E-state index in [4.69, 9.17) is 0 Å². The van der Waals surface area contributed by atoms with Gasteiger partial charge >= 0.3 is 41.3 Å². The van der Waals surface area contributed by atoms with Crippen LogP contribution in [0.15, 0.2) is 83.5 Å². The van der Waals surface area contributed by atoms with Crippen molar-refractivity contribution in [2.75, 3.05) is 0 Å². The van der Waals surface area contributed by atoms with Gasteiger partial charge in [0.25, 0.3) is 0 Å². The minimum absolute atomic E-state index is 0. The molecule has 1 fully saturated rings. The summed E-state index contributed by atoms with van der Waals surface area (Å²) in [6.45, 7) is 24.4. The first-order chi connectivity index (χ1) is 17.9. The second-order valence-corrected chi connectivity index (χ2v) is 15.4. The Bertz CT molecular complexity index is 1240. The van der Waals surface area contributed by atoms with E-state index in [1.165, 1.54) is 14.3 Å². The third kappa shape index (κ3) is 5.54. The van der Waals surface area contributed by atoms with Crippen molar-refractivity contribution in [1.82, 2.24) is 0 Å². The maximum Gasteiger partial charge on any atom is -0.172 e. The standard InChI is InChI=1S/C29H37.C5H5.C3H6.2ClH.Zr/c1-16-13-14-25-26-23-12-10-9-11-22(23)15-24(26)27-19(4)17(2)18(3)21(6)29(27,8)28(25,7)20(16)5;1-2-4-5-3-1;1-3-2;;;/h9-14,16-18,20-21H,15H2,1-8H3;1-5H;1-2H3;2*1H;/q2*-1;;;;+2/p-2. The molecule has 7 unspecified atom stereocenters. The van der Waals surface area contributed by atoms with Crippen molar-refractivity contribution in [3.8, 4) is 0 Å². The minimum Gasteiger partial charge on any atom is -1.00 e. The van der Waals surface area contributed by atoms with Crippen LogP contribution in [0, 0.1) is 46.3 Å². The molecule has 2 aromatic rings. The van der Waals surface area contributed by atoms with E-state index in [9.17, 15) is 0 Å². The Hall–Kier alpha value is -1.01. The van der Waals surface area contributed by atoms with Crippen molar-refractivity contribution >= 4 is 8.78 Å². The van der Waals surface area contributed by atoms with Crippen molar-refractivity contribution in [2.45, 2.75) is 75.7 Å². The van der Waals surface area contributed by atoms with Gasteiger partial charge in [-0.3, -0.25) is 0 Å². The Balaban J connectivity index is 0.000000441. The molecule has 0 bridgehead atoms. The van der Waals surface area contributed by atoms with E-state index in [1.54, 1.807) is 52.4 Å². The molecule has 0 radical (unpaired) electrons. The summed E-state index contributed by atoms with van der Waals surface area (Å²) in [5, 5.41) is 0. The van der Waals surface area contributed by atoms with Crippen molar-refractivity contribution in [2.24, 2.45) is 40.4 Å². The number of rotatable bonds is 0. The first kappa shape index (κ1) is 35.2. The molecule has 0 N–H and O–H groups in total. The fourth-order valence-corrected chi connectivity index (χ4v) is 8.16. The molecule has 40 heavy (non-hydrogen) atoms. The van der Waals surface area contributed by atoms with Gasteiger partial charge in [-0.25, -0.2) is 18.1 Å². The summed E-state index contributed by atoms with van der Waals surface area (Å²) in [5.41, 5.74) is 9.93. The third-order valence-electron chi connectivity index (χ3n) is 11.1. The molecule has 0 aliphatic heterocycles. The van der Waals surface area contributed by atoms with Crippen LogP contribution < -0.4 is 24.8 Å². The Labute approximate surface area is 272 Å². The number of hydrogen-bond acceptors (Lipinski definition) is 0. The molecule has 216 valence electrons. The molecule has 0 nitrogen and oxygen atoms in total. The van der Waals surface area contributed by atoms with Crippen LogP contribution in [0.2, 0.25) is 0 Å². The van der Waals surface area contributed by atoms with Gasteiger partial charge in [-0.05, 0) is 34.7 Å². The van der Waals surface area contributed by atoms with Crippen LogP contribution in [0.3, 0.4) is 0 Å². The van der Waals surface area contributed by atoms with Gasteiger partial charge in [0.15, 0.2) is 0 Å². The zero-order valence-electron chi connectivity index (χ0n) is 26.2. The molecular formula is C37H48Cl2Zr-2. The molecule has 4 aliphatic carbocycles. The predicted octanol–water partition coefficient (Wildman–Crippen LogP) is 3.84. The molecule has 1 saturated carbocycles.